The number of nitrogens with one attached hydrogen (secondary N) is 1. The number of anilines is 2. The topological polar surface area (TPSA) is 86.5 Å². The number of amides is 1. The maximum Gasteiger partial charge on any atom is 0.228 e. The van der Waals surface area contributed by atoms with Crippen LogP contribution in [0.5, 0.6) is 5.88 Å². The Hall–Kier alpha value is -3.29. The standard InChI is InChI=1S/C27H38N6O2/c1-17(2)33-16-22-23(25(33)35)29-26(32-14-12-31(13-15-32)19(4)34)30-24(22)28-18(3)20-8-10-21(11-9-20)27(5,6)7/h8-11,16-18,35H,12-15H2,1-7H3,(H,28,29,30). The van der Waals surface area contributed by atoms with Gasteiger partial charge in [-0.1, -0.05) is 45.0 Å². The van der Waals surface area contributed by atoms with E-state index in [-0.39, 0.29) is 29.3 Å². The van der Waals surface area contributed by atoms with E-state index in [0.29, 0.717) is 43.5 Å². The molecule has 0 spiro atoms. The SMILES string of the molecule is CC(=O)N1CCN(c2nc(NC(C)c3ccc(C(C)(C)C)cc3)c3cn(C(C)C)c(O)c3n2)CC1. The molecule has 2 aromatic heterocycles. The summed E-state index contributed by atoms with van der Waals surface area (Å²) < 4.78 is 1.82. The van der Waals surface area contributed by atoms with Crippen molar-refractivity contribution in [3.8, 4) is 5.88 Å². The summed E-state index contributed by atoms with van der Waals surface area (Å²) in [5.74, 6) is 1.49. The highest BCUT2D eigenvalue weighted by molar-refractivity contribution is 5.94. The van der Waals surface area contributed by atoms with Crippen LogP contribution in [0, 0.1) is 0 Å². The van der Waals surface area contributed by atoms with Crippen LogP contribution < -0.4 is 10.2 Å². The zero-order valence-electron chi connectivity index (χ0n) is 22.0. The molecule has 1 amide bonds. The van der Waals surface area contributed by atoms with E-state index in [9.17, 15) is 9.90 Å². The fourth-order valence-electron chi connectivity index (χ4n) is 4.50. The smallest absolute Gasteiger partial charge is 0.228 e. The van der Waals surface area contributed by atoms with Gasteiger partial charge in [0.1, 0.15) is 11.3 Å². The van der Waals surface area contributed by atoms with Crippen molar-refractivity contribution in [2.75, 3.05) is 36.4 Å². The summed E-state index contributed by atoms with van der Waals surface area (Å²) in [5.41, 5.74) is 3.10. The first-order chi connectivity index (χ1) is 16.5. The number of carbonyl (C=O) groups is 1. The number of aromatic nitrogens is 3. The average Bonchev–Trinajstić information content (AvgIpc) is 3.15. The molecule has 8 nitrogen and oxygen atoms in total. The van der Waals surface area contributed by atoms with Crippen LogP contribution in [0.3, 0.4) is 0 Å². The first-order valence-electron chi connectivity index (χ1n) is 12.4. The van der Waals surface area contributed by atoms with E-state index in [1.807, 2.05) is 29.5 Å². The third-order valence-corrected chi connectivity index (χ3v) is 6.85. The Morgan fingerprint density at radius 2 is 1.66 bits per heavy atom. The Kier molecular flexibility index (Phi) is 6.66. The second-order valence-corrected chi connectivity index (χ2v) is 10.8. The number of hydrogen-bond acceptors (Lipinski definition) is 6. The molecule has 1 fully saturated rings. The second kappa shape index (κ2) is 9.40. The normalized spacial score (nSPS) is 15.7. The molecule has 1 unspecified atom stereocenters. The number of fused-ring (bicyclic) bond motifs is 1. The number of benzene rings is 1. The third kappa shape index (κ3) is 5.06. The lowest BCUT2D eigenvalue weighted by Crippen LogP contribution is -2.48. The van der Waals surface area contributed by atoms with Gasteiger partial charge in [-0.2, -0.15) is 4.98 Å². The maximum atomic E-state index is 11.7. The number of piperazine rings is 1. The molecule has 3 heterocycles. The Morgan fingerprint density at radius 1 is 1.03 bits per heavy atom. The van der Waals surface area contributed by atoms with E-state index in [4.69, 9.17) is 9.97 Å². The van der Waals surface area contributed by atoms with Crippen molar-refractivity contribution in [2.24, 2.45) is 0 Å². The van der Waals surface area contributed by atoms with Crippen LogP contribution in [0.2, 0.25) is 0 Å². The van der Waals surface area contributed by atoms with E-state index in [0.717, 1.165) is 10.9 Å². The molecule has 1 aliphatic rings. The summed E-state index contributed by atoms with van der Waals surface area (Å²) >= 11 is 0. The van der Waals surface area contributed by atoms with Crippen molar-refractivity contribution in [3.63, 3.8) is 0 Å². The minimum absolute atomic E-state index is 0.00840. The van der Waals surface area contributed by atoms with Gasteiger partial charge in [-0.3, -0.25) is 4.79 Å². The predicted octanol–water partition coefficient (Wildman–Crippen LogP) is 4.86. The molecule has 0 saturated carbocycles. The van der Waals surface area contributed by atoms with E-state index < -0.39 is 0 Å². The zero-order valence-corrected chi connectivity index (χ0v) is 22.0. The van der Waals surface area contributed by atoms with Gasteiger partial charge in [0.15, 0.2) is 0 Å². The van der Waals surface area contributed by atoms with Crippen molar-refractivity contribution in [3.05, 3.63) is 41.6 Å². The first-order valence-corrected chi connectivity index (χ1v) is 12.4. The molecule has 1 atom stereocenters. The van der Waals surface area contributed by atoms with Crippen LogP contribution in [-0.4, -0.2) is 56.6 Å². The van der Waals surface area contributed by atoms with Crippen LogP contribution in [0.25, 0.3) is 10.9 Å². The van der Waals surface area contributed by atoms with Gasteiger partial charge in [0.25, 0.3) is 0 Å². The van der Waals surface area contributed by atoms with Gasteiger partial charge >= 0.3 is 0 Å². The van der Waals surface area contributed by atoms with Gasteiger partial charge in [-0.05, 0) is 37.3 Å². The highest BCUT2D eigenvalue weighted by Gasteiger charge is 2.25. The van der Waals surface area contributed by atoms with E-state index in [1.165, 1.54) is 5.56 Å². The molecular weight excluding hydrogens is 440 g/mol. The fourth-order valence-corrected chi connectivity index (χ4v) is 4.50. The molecule has 3 aromatic rings. The summed E-state index contributed by atoms with van der Waals surface area (Å²) in [6.07, 6.45) is 1.92. The van der Waals surface area contributed by atoms with Gasteiger partial charge in [-0.25, -0.2) is 4.98 Å². The Labute approximate surface area is 208 Å². The van der Waals surface area contributed by atoms with Crippen molar-refractivity contribution >= 4 is 28.6 Å². The van der Waals surface area contributed by atoms with Gasteiger partial charge in [0.2, 0.25) is 17.7 Å². The Bertz CT molecular complexity index is 1200. The lowest BCUT2D eigenvalue weighted by molar-refractivity contribution is -0.129. The second-order valence-electron chi connectivity index (χ2n) is 10.8. The van der Waals surface area contributed by atoms with Gasteiger partial charge in [0, 0.05) is 51.4 Å². The zero-order chi connectivity index (χ0) is 25.5. The molecule has 1 saturated heterocycles. The Balaban J connectivity index is 1.68. The molecule has 0 bridgehead atoms. The maximum absolute atomic E-state index is 11.7. The van der Waals surface area contributed by atoms with Crippen molar-refractivity contribution < 1.29 is 9.90 Å². The minimum atomic E-state index is 0.00840. The van der Waals surface area contributed by atoms with Crippen LogP contribution >= 0.6 is 0 Å². The molecule has 1 aromatic carbocycles. The number of carbonyl (C=O) groups excluding carboxylic acids is 1. The quantitative estimate of drug-likeness (QED) is 0.545. The average molecular weight is 479 g/mol. The van der Waals surface area contributed by atoms with Crippen LogP contribution in [0.15, 0.2) is 30.5 Å². The van der Waals surface area contributed by atoms with Gasteiger partial charge < -0.3 is 24.8 Å². The van der Waals surface area contributed by atoms with Gasteiger partial charge in [-0.15, -0.1) is 0 Å². The number of aromatic hydroxyl groups is 1. The molecular formula is C27H38N6O2. The fraction of sp³-hybridized carbons (Fsp3) is 0.519. The van der Waals surface area contributed by atoms with Crippen LogP contribution in [-0.2, 0) is 10.2 Å². The minimum Gasteiger partial charge on any atom is -0.493 e. The molecule has 4 rings (SSSR count). The predicted molar refractivity (Wildman–Crippen MR) is 141 cm³/mol. The summed E-state index contributed by atoms with van der Waals surface area (Å²) in [5, 5.41) is 15.3. The molecule has 35 heavy (non-hydrogen) atoms. The largest absolute Gasteiger partial charge is 0.493 e. The monoisotopic (exact) mass is 478 g/mol. The first kappa shape index (κ1) is 24.8. The molecule has 188 valence electrons. The third-order valence-electron chi connectivity index (χ3n) is 6.85. The highest BCUT2D eigenvalue weighted by Crippen LogP contribution is 2.35. The van der Waals surface area contributed by atoms with E-state index >= 15 is 0 Å². The molecule has 1 aliphatic heterocycles. The molecule has 0 radical (unpaired) electrons. The van der Waals surface area contributed by atoms with Crippen LogP contribution in [0.4, 0.5) is 11.8 Å². The number of nitrogens with zero attached hydrogens (tertiary/aromatic N) is 5. The lowest BCUT2D eigenvalue weighted by atomic mass is 9.86. The lowest BCUT2D eigenvalue weighted by Gasteiger charge is -2.34. The van der Waals surface area contributed by atoms with Crippen molar-refractivity contribution in [1.82, 2.24) is 19.4 Å². The van der Waals surface area contributed by atoms with E-state index in [2.05, 4.69) is 62.2 Å². The summed E-state index contributed by atoms with van der Waals surface area (Å²) in [6, 6.07) is 8.79. The summed E-state index contributed by atoms with van der Waals surface area (Å²) in [6.45, 7) is 17.0. The number of hydrogen-bond donors (Lipinski definition) is 2. The molecule has 2 N–H and O–H groups in total. The Morgan fingerprint density at radius 3 is 2.20 bits per heavy atom. The highest BCUT2D eigenvalue weighted by atomic mass is 16.3. The van der Waals surface area contributed by atoms with Crippen molar-refractivity contribution in [2.45, 2.75) is 66.0 Å². The summed E-state index contributed by atoms with van der Waals surface area (Å²) in [7, 11) is 0. The van der Waals surface area contributed by atoms with Crippen LogP contribution in [0.1, 0.15) is 71.7 Å². The van der Waals surface area contributed by atoms with E-state index in [1.54, 1.807) is 6.92 Å². The molecule has 8 heteroatoms. The molecule has 0 aliphatic carbocycles. The van der Waals surface area contributed by atoms with Gasteiger partial charge in [0.05, 0.1) is 5.39 Å². The number of rotatable bonds is 5. The summed E-state index contributed by atoms with van der Waals surface area (Å²) in [4.78, 5) is 25.3. The van der Waals surface area contributed by atoms with Crippen molar-refractivity contribution in [1.29, 1.82) is 0 Å².